The summed E-state index contributed by atoms with van der Waals surface area (Å²) in [5.74, 6) is -1.85. The summed E-state index contributed by atoms with van der Waals surface area (Å²) in [6.45, 7) is 0. The summed E-state index contributed by atoms with van der Waals surface area (Å²) in [5.41, 5.74) is 1.11. The highest BCUT2D eigenvalue weighted by Gasteiger charge is 2.19. The summed E-state index contributed by atoms with van der Waals surface area (Å²) in [5, 5.41) is 31.4. The van der Waals surface area contributed by atoms with E-state index in [4.69, 9.17) is 0 Å². The molecule has 0 aliphatic rings. The molecule has 6 aromatic rings. The summed E-state index contributed by atoms with van der Waals surface area (Å²) in [6, 6.07) is 23.9. The van der Waals surface area contributed by atoms with E-state index in [1.807, 2.05) is 0 Å². The van der Waals surface area contributed by atoms with E-state index in [0.717, 1.165) is 12.1 Å². The van der Waals surface area contributed by atoms with Gasteiger partial charge in [0.1, 0.15) is 21.3 Å². The number of aromatic hydroxyl groups is 2. The molecule has 0 spiro atoms. The Balaban J connectivity index is 1.07. The van der Waals surface area contributed by atoms with Crippen molar-refractivity contribution < 1.29 is 50.5 Å². The number of phenolic OH excluding ortho intramolecular Hbond substituents is 2. The van der Waals surface area contributed by atoms with Gasteiger partial charge in [0.05, 0.1) is 0 Å². The zero-order valence-electron chi connectivity index (χ0n) is 26.4. The van der Waals surface area contributed by atoms with Crippen LogP contribution >= 0.6 is 0 Å². The van der Waals surface area contributed by atoms with Crippen LogP contribution in [0.25, 0.3) is 21.5 Å². The molecule has 15 nitrogen and oxygen atoms in total. The predicted molar refractivity (Wildman–Crippen MR) is 192 cm³/mol. The lowest BCUT2D eigenvalue weighted by Gasteiger charge is -2.12. The molecule has 0 unspecified atom stereocenters. The second-order valence-corrected chi connectivity index (χ2v) is 14.1. The fourth-order valence-electron chi connectivity index (χ4n) is 5.38. The van der Waals surface area contributed by atoms with Crippen molar-refractivity contribution in [1.82, 2.24) is 0 Å². The van der Waals surface area contributed by atoms with Crippen LogP contribution < -0.4 is 21.3 Å². The molecule has 6 aromatic carbocycles. The van der Waals surface area contributed by atoms with E-state index in [9.17, 15) is 50.5 Å². The Morgan fingerprint density at radius 3 is 1.15 bits per heavy atom. The molecule has 0 bridgehead atoms. The Bertz CT molecular complexity index is 2460. The molecule has 8 N–H and O–H groups in total. The average molecular weight is 743 g/mol. The highest BCUT2D eigenvalue weighted by atomic mass is 32.2. The van der Waals surface area contributed by atoms with Crippen molar-refractivity contribution >= 4 is 82.4 Å². The minimum atomic E-state index is -4.61. The van der Waals surface area contributed by atoms with Gasteiger partial charge in [-0.05, 0) is 72.8 Å². The number of benzene rings is 6. The number of rotatable bonds is 8. The topological polar surface area (TPSA) is 249 Å². The lowest BCUT2D eigenvalue weighted by Crippen LogP contribution is -2.19. The van der Waals surface area contributed by atoms with Gasteiger partial charge in [-0.2, -0.15) is 16.8 Å². The van der Waals surface area contributed by atoms with Crippen LogP contribution in [0.5, 0.6) is 11.5 Å². The van der Waals surface area contributed by atoms with Crippen molar-refractivity contribution in [3.05, 3.63) is 120 Å². The van der Waals surface area contributed by atoms with Gasteiger partial charge in [0.25, 0.3) is 32.1 Å². The van der Waals surface area contributed by atoms with Crippen LogP contribution in [0.4, 0.5) is 27.5 Å². The smallest absolute Gasteiger partial charge is 0.323 e. The number of urea groups is 1. The first kappa shape index (κ1) is 35.3. The van der Waals surface area contributed by atoms with E-state index < -0.39 is 47.9 Å². The maximum absolute atomic E-state index is 12.9. The maximum Gasteiger partial charge on any atom is 0.323 e. The Labute approximate surface area is 295 Å². The summed E-state index contributed by atoms with van der Waals surface area (Å²) >= 11 is 0. The second-order valence-electron chi connectivity index (χ2n) is 11.3. The minimum absolute atomic E-state index is 0.00470. The monoisotopic (exact) mass is 742 g/mol. The van der Waals surface area contributed by atoms with Gasteiger partial charge in [0.2, 0.25) is 0 Å². The van der Waals surface area contributed by atoms with Gasteiger partial charge in [-0.25, -0.2) is 4.79 Å². The minimum Gasteiger partial charge on any atom is -0.507 e. The van der Waals surface area contributed by atoms with E-state index in [0.29, 0.717) is 11.4 Å². The highest BCUT2D eigenvalue weighted by Crippen LogP contribution is 2.35. The van der Waals surface area contributed by atoms with Gasteiger partial charge in [-0.3, -0.25) is 18.7 Å². The number of carbonyl (C=O) groups excluding carboxylic acids is 3. The molecule has 0 aliphatic carbocycles. The molecule has 0 atom stereocenters. The summed E-state index contributed by atoms with van der Waals surface area (Å²) in [7, 11) is -9.23. The van der Waals surface area contributed by atoms with Gasteiger partial charge in [0, 0.05) is 67.6 Å². The van der Waals surface area contributed by atoms with Crippen molar-refractivity contribution in [3.63, 3.8) is 0 Å². The molecule has 0 saturated carbocycles. The summed E-state index contributed by atoms with van der Waals surface area (Å²) < 4.78 is 66.3. The molecule has 52 heavy (non-hydrogen) atoms. The molecule has 4 amide bonds. The number of fused-ring (bicyclic) bond motifs is 2. The zero-order chi connectivity index (χ0) is 37.4. The van der Waals surface area contributed by atoms with Crippen LogP contribution in [0, 0.1) is 0 Å². The van der Waals surface area contributed by atoms with E-state index in [-0.39, 0.29) is 55.5 Å². The molecular formula is C35H26N4O11S2. The summed E-state index contributed by atoms with van der Waals surface area (Å²) in [6.07, 6.45) is 0. The number of hydrogen-bond acceptors (Lipinski definition) is 9. The molecule has 0 saturated heterocycles. The van der Waals surface area contributed by atoms with Crippen LogP contribution in [0.3, 0.4) is 0 Å². The van der Waals surface area contributed by atoms with Gasteiger partial charge < -0.3 is 31.5 Å². The Kier molecular flexibility index (Phi) is 9.26. The highest BCUT2D eigenvalue weighted by molar-refractivity contribution is 7.86. The van der Waals surface area contributed by atoms with Gasteiger partial charge in [-0.15, -0.1) is 0 Å². The molecule has 264 valence electrons. The third-order valence-electron chi connectivity index (χ3n) is 7.75. The average Bonchev–Trinajstić information content (AvgIpc) is 3.07. The second kappa shape index (κ2) is 13.6. The van der Waals surface area contributed by atoms with Crippen LogP contribution in [0.2, 0.25) is 0 Å². The van der Waals surface area contributed by atoms with E-state index in [2.05, 4.69) is 21.3 Å². The number of amides is 4. The Morgan fingerprint density at radius 1 is 0.442 bits per heavy atom. The van der Waals surface area contributed by atoms with Crippen LogP contribution in [-0.2, 0) is 20.2 Å². The van der Waals surface area contributed by atoms with Crippen molar-refractivity contribution in [1.29, 1.82) is 0 Å². The van der Waals surface area contributed by atoms with Crippen molar-refractivity contribution in [2.24, 2.45) is 0 Å². The number of phenols is 2. The maximum atomic E-state index is 12.9. The third-order valence-corrected chi connectivity index (χ3v) is 9.57. The van der Waals surface area contributed by atoms with Crippen molar-refractivity contribution in [2.75, 3.05) is 21.3 Å². The molecular weight excluding hydrogens is 717 g/mol. The van der Waals surface area contributed by atoms with Crippen LogP contribution in [-0.4, -0.2) is 54.0 Å². The number of nitrogens with one attached hydrogen (secondary N) is 4. The lowest BCUT2D eigenvalue weighted by molar-refractivity contribution is 0.101. The zero-order valence-corrected chi connectivity index (χ0v) is 28.0. The van der Waals surface area contributed by atoms with Gasteiger partial charge in [0.15, 0.2) is 0 Å². The SMILES string of the molecule is O=C(Nc1ccc(C(=O)Nc2cc(O)c3cccc(S(=O)(=O)O)c3c2)cc1)Nc1ccc(C(=O)Nc2cc(O)c3cccc(S(=O)(=O)O)c3c2)cc1. The molecule has 0 aromatic heterocycles. The van der Waals surface area contributed by atoms with Crippen LogP contribution in [0.1, 0.15) is 20.7 Å². The van der Waals surface area contributed by atoms with Gasteiger partial charge >= 0.3 is 6.03 Å². The van der Waals surface area contributed by atoms with E-state index in [1.165, 1.54) is 97.1 Å². The number of hydrogen-bond donors (Lipinski definition) is 8. The van der Waals surface area contributed by atoms with Crippen molar-refractivity contribution in [2.45, 2.75) is 9.79 Å². The standard InChI is InChI=1S/C35H26N4O11S2/c40-29-17-23(15-27-25(29)3-1-5-31(27)51(45,46)47)36-33(42)19-7-11-21(12-8-19)38-35(44)39-22-13-9-20(10-14-22)34(43)37-24-16-28-26(30(41)18-24)4-2-6-32(28)52(48,49)50/h1-18,40-41H,(H,36,42)(H,37,43)(H2,38,39,44)(H,45,46,47)(H,48,49,50). The van der Waals surface area contributed by atoms with E-state index in [1.54, 1.807) is 0 Å². The molecule has 0 fully saturated rings. The first-order chi connectivity index (χ1) is 24.6. The largest absolute Gasteiger partial charge is 0.507 e. The Morgan fingerprint density at radius 2 is 0.808 bits per heavy atom. The fourth-order valence-corrected chi connectivity index (χ4v) is 6.78. The molecule has 0 heterocycles. The first-order valence-corrected chi connectivity index (χ1v) is 17.8. The van der Waals surface area contributed by atoms with Gasteiger partial charge in [-0.1, -0.05) is 24.3 Å². The molecule has 0 radical (unpaired) electrons. The molecule has 6 rings (SSSR count). The van der Waals surface area contributed by atoms with Crippen LogP contribution in [0.15, 0.2) is 119 Å². The molecule has 0 aliphatic heterocycles. The molecule has 17 heteroatoms. The normalized spacial score (nSPS) is 11.6. The quantitative estimate of drug-likeness (QED) is 0.0834. The number of carbonyl (C=O) groups is 3. The predicted octanol–water partition coefficient (Wildman–Crippen LogP) is 6.05. The summed E-state index contributed by atoms with van der Waals surface area (Å²) in [4.78, 5) is 37.5. The van der Waals surface area contributed by atoms with Crippen molar-refractivity contribution in [3.8, 4) is 11.5 Å². The first-order valence-electron chi connectivity index (χ1n) is 14.9. The lowest BCUT2D eigenvalue weighted by atomic mass is 10.1. The Hall–Kier alpha value is -6.53. The fraction of sp³-hybridized carbons (Fsp3) is 0. The van der Waals surface area contributed by atoms with E-state index >= 15 is 0 Å². The number of anilines is 4. The third kappa shape index (κ3) is 7.62.